The standard InChI is InChI=1S/C11H8F3N3O/c12-8-1-7(2-9(13)10(8)14)11(18)15-3-6-4-16-17-5-6/h1-2,4-5H,3H2,(H,15,18)(H,16,17). The normalized spacial score (nSPS) is 10.4. The van der Waals surface area contributed by atoms with Crippen LogP contribution < -0.4 is 5.32 Å². The Labute approximate surface area is 99.8 Å². The number of aromatic amines is 1. The first kappa shape index (κ1) is 12.2. The molecule has 0 aliphatic carbocycles. The van der Waals surface area contributed by atoms with Crippen molar-refractivity contribution in [3.63, 3.8) is 0 Å². The van der Waals surface area contributed by atoms with E-state index in [0.29, 0.717) is 17.7 Å². The van der Waals surface area contributed by atoms with E-state index < -0.39 is 23.4 Å². The fourth-order valence-electron chi connectivity index (χ4n) is 1.35. The Morgan fingerprint density at radius 2 is 1.94 bits per heavy atom. The third kappa shape index (κ3) is 2.50. The summed E-state index contributed by atoms with van der Waals surface area (Å²) < 4.78 is 38.5. The first-order valence-corrected chi connectivity index (χ1v) is 4.98. The number of hydrogen-bond donors (Lipinski definition) is 2. The Kier molecular flexibility index (Phi) is 3.31. The van der Waals surface area contributed by atoms with Gasteiger partial charge in [0.1, 0.15) is 0 Å². The van der Waals surface area contributed by atoms with Crippen LogP contribution in [0, 0.1) is 17.5 Å². The number of halogens is 3. The molecule has 7 heteroatoms. The molecule has 1 heterocycles. The lowest BCUT2D eigenvalue weighted by atomic mass is 10.2. The summed E-state index contributed by atoms with van der Waals surface area (Å²) in [6.07, 6.45) is 3.05. The Morgan fingerprint density at radius 1 is 1.28 bits per heavy atom. The number of rotatable bonds is 3. The molecule has 4 nitrogen and oxygen atoms in total. The zero-order valence-electron chi connectivity index (χ0n) is 9.01. The third-order valence-electron chi connectivity index (χ3n) is 2.25. The molecular formula is C11H8F3N3O. The lowest BCUT2D eigenvalue weighted by Crippen LogP contribution is -2.23. The molecule has 0 unspecified atom stereocenters. The minimum atomic E-state index is -1.60. The molecule has 1 amide bonds. The van der Waals surface area contributed by atoms with Crippen molar-refractivity contribution in [1.29, 1.82) is 0 Å². The maximum absolute atomic E-state index is 12.9. The number of benzene rings is 1. The fraction of sp³-hybridized carbons (Fsp3) is 0.0909. The van der Waals surface area contributed by atoms with Crippen LogP contribution in [0.2, 0.25) is 0 Å². The van der Waals surface area contributed by atoms with Gasteiger partial charge in [-0.2, -0.15) is 5.10 Å². The number of H-pyrrole nitrogens is 1. The molecule has 0 spiro atoms. The molecule has 0 saturated carbocycles. The molecule has 2 rings (SSSR count). The molecule has 0 atom stereocenters. The summed E-state index contributed by atoms with van der Waals surface area (Å²) in [5.41, 5.74) is 0.418. The Hall–Kier alpha value is -2.31. The van der Waals surface area contributed by atoms with Gasteiger partial charge in [0.05, 0.1) is 6.20 Å². The molecule has 0 saturated heterocycles. The molecule has 0 radical (unpaired) electrons. The SMILES string of the molecule is O=C(NCc1cn[nH]c1)c1cc(F)c(F)c(F)c1. The summed E-state index contributed by atoms with van der Waals surface area (Å²) in [6.45, 7) is 0.149. The topological polar surface area (TPSA) is 57.8 Å². The van der Waals surface area contributed by atoms with Gasteiger partial charge >= 0.3 is 0 Å². The van der Waals surface area contributed by atoms with E-state index in [-0.39, 0.29) is 12.1 Å². The molecule has 0 bridgehead atoms. The van der Waals surface area contributed by atoms with Crippen LogP contribution in [0.4, 0.5) is 13.2 Å². The summed E-state index contributed by atoms with van der Waals surface area (Å²) in [7, 11) is 0. The Balaban J connectivity index is 2.09. The van der Waals surface area contributed by atoms with Crippen LogP contribution in [0.5, 0.6) is 0 Å². The van der Waals surface area contributed by atoms with Crippen LogP contribution in [-0.2, 0) is 6.54 Å². The summed E-state index contributed by atoms with van der Waals surface area (Å²) in [4.78, 5) is 11.6. The number of amides is 1. The van der Waals surface area contributed by atoms with E-state index in [1.165, 1.54) is 6.20 Å². The molecule has 94 valence electrons. The van der Waals surface area contributed by atoms with Crippen molar-refractivity contribution >= 4 is 5.91 Å². The van der Waals surface area contributed by atoms with Crippen molar-refractivity contribution in [3.05, 3.63) is 53.1 Å². The maximum Gasteiger partial charge on any atom is 0.251 e. The maximum atomic E-state index is 12.9. The van der Waals surface area contributed by atoms with Crippen LogP contribution in [-0.4, -0.2) is 16.1 Å². The second-order valence-corrected chi connectivity index (χ2v) is 3.54. The molecule has 0 aliphatic rings. The smallest absolute Gasteiger partial charge is 0.251 e. The summed E-state index contributed by atoms with van der Waals surface area (Å²) in [5.74, 6) is -5.10. The predicted octanol–water partition coefficient (Wildman–Crippen LogP) is 1.76. The molecule has 1 aromatic heterocycles. The second-order valence-electron chi connectivity index (χ2n) is 3.54. The van der Waals surface area contributed by atoms with E-state index in [2.05, 4.69) is 15.5 Å². The van der Waals surface area contributed by atoms with E-state index in [1.54, 1.807) is 6.20 Å². The lowest BCUT2D eigenvalue weighted by molar-refractivity contribution is 0.0949. The monoisotopic (exact) mass is 255 g/mol. The minimum absolute atomic E-state index is 0.149. The van der Waals surface area contributed by atoms with Gasteiger partial charge in [-0.15, -0.1) is 0 Å². The van der Waals surface area contributed by atoms with Crippen LogP contribution >= 0.6 is 0 Å². The molecule has 2 N–H and O–H groups in total. The van der Waals surface area contributed by atoms with Gasteiger partial charge in [0, 0.05) is 23.9 Å². The van der Waals surface area contributed by atoms with E-state index in [9.17, 15) is 18.0 Å². The van der Waals surface area contributed by atoms with E-state index >= 15 is 0 Å². The predicted molar refractivity (Wildman–Crippen MR) is 56.1 cm³/mol. The van der Waals surface area contributed by atoms with Crippen LogP contribution in [0.3, 0.4) is 0 Å². The van der Waals surface area contributed by atoms with Gasteiger partial charge in [0.25, 0.3) is 5.91 Å². The lowest BCUT2D eigenvalue weighted by Gasteiger charge is -2.04. The summed E-state index contributed by atoms with van der Waals surface area (Å²) >= 11 is 0. The molecular weight excluding hydrogens is 247 g/mol. The first-order valence-electron chi connectivity index (χ1n) is 4.98. The zero-order valence-corrected chi connectivity index (χ0v) is 9.01. The van der Waals surface area contributed by atoms with Gasteiger partial charge in [-0.1, -0.05) is 0 Å². The van der Waals surface area contributed by atoms with Crippen molar-refractivity contribution in [1.82, 2.24) is 15.5 Å². The first-order chi connectivity index (χ1) is 8.58. The molecule has 18 heavy (non-hydrogen) atoms. The molecule has 1 aromatic carbocycles. The van der Waals surface area contributed by atoms with E-state index in [0.717, 1.165) is 0 Å². The number of nitrogens with zero attached hydrogens (tertiary/aromatic N) is 1. The highest BCUT2D eigenvalue weighted by Gasteiger charge is 2.14. The average Bonchev–Trinajstić information content (AvgIpc) is 2.85. The Morgan fingerprint density at radius 3 is 2.50 bits per heavy atom. The quantitative estimate of drug-likeness (QED) is 0.821. The molecule has 2 aromatic rings. The number of nitrogens with one attached hydrogen (secondary N) is 2. The highest BCUT2D eigenvalue weighted by Crippen LogP contribution is 2.13. The molecule has 0 fully saturated rings. The van der Waals surface area contributed by atoms with Gasteiger partial charge < -0.3 is 5.32 Å². The minimum Gasteiger partial charge on any atom is -0.348 e. The van der Waals surface area contributed by atoms with Gasteiger partial charge in [-0.25, -0.2) is 13.2 Å². The van der Waals surface area contributed by atoms with Crippen molar-refractivity contribution < 1.29 is 18.0 Å². The fourth-order valence-corrected chi connectivity index (χ4v) is 1.35. The summed E-state index contributed by atoms with van der Waals surface area (Å²) in [6, 6.07) is 1.28. The van der Waals surface area contributed by atoms with Gasteiger partial charge in [0.2, 0.25) is 0 Å². The van der Waals surface area contributed by atoms with Gasteiger partial charge in [-0.05, 0) is 12.1 Å². The van der Waals surface area contributed by atoms with Gasteiger partial charge in [0.15, 0.2) is 17.5 Å². The number of carbonyl (C=O) groups excluding carboxylic acids is 1. The number of aromatic nitrogens is 2. The average molecular weight is 255 g/mol. The Bertz CT molecular complexity index is 546. The van der Waals surface area contributed by atoms with E-state index in [1.807, 2.05) is 0 Å². The molecule has 0 aliphatic heterocycles. The van der Waals surface area contributed by atoms with Crippen molar-refractivity contribution in [2.75, 3.05) is 0 Å². The van der Waals surface area contributed by atoms with Crippen molar-refractivity contribution in [2.24, 2.45) is 0 Å². The van der Waals surface area contributed by atoms with Crippen LogP contribution in [0.1, 0.15) is 15.9 Å². The number of carbonyl (C=O) groups is 1. The highest BCUT2D eigenvalue weighted by molar-refractivity contribution is 5.94. The number of hydrogen-bond acceptors (Lipinski definition) is 2. The zero-order chi connectivity index (χ0) is 13.1. The van der Waals surface area contributed by atoms with E-state index in [4.69, 9.17) is 0 Å². The van der Waals surface area contributed by atoms with Crippen LogP contribution in [0.25, 0.3) is 0 Å². The van der Waals surface area contributed by atoms with Gasteiger partial charge in [-0.3, -0.25) is 9.89 Å². The van der Waals surface area contributed by atoms with Crippen molar-refractivity contribution in [2.45, 2.75) is 6.54 Å². The summed E-state index contributed by atoms with van der Waals surface area (Å²) in [5, 5.41) is 8.64. The highest BCUT2D eigenvalue weighted by atomic mass is 19.2. The van der Waals surface area contributed by atoms with Crippen molar-refractivity contribution in [3.8, 4) is 0 Å². The third-order valence-corrected chi connectivity index (χ3v) is 2.25. The largest absolute Gasteiger partial charge is 0.348 e. The van der Waals surface area contributed by atoms with Crippen LogP contribution in [0.15, 0.2) is 24.5 Å². The second kappa shape index (κ2) is 4.91.